The molecule has 9 heteroatoms. The van der Waals surface area contributed by atoms with E-state index in [1.54, 1.807) is 6.92 Å². The number of carbonyl (C=O) groups excluding carboxylic acids is 1. The number of nitrogens with zero attached hydrogens (tertiary/aromatic N) is 1. The third kappa shape index (κ3) is 4.13. The SMILES string of the molecule is Cc1nc(NS(C)(=O)=O)sc1C(=O)NCC1(c2ccccc2Cl)CC1. The molecule has 3 rings (SSSR count). The summed E-state index contributed by atoms with van der Waals surface area (Å²) in [6.07, 6.45) is 2.99. The van der Waals surface area contributed by atoms with Crippen molar-refractivity contribution in [3.05, 3.63) is 45.4 Å². The number of carbonyl (C=O) groups is 1. The van der Waals surface area contributed by atoms with Crippen molar-refractivity contribution in [2.45, 2.75) is 25.2 Å². The number of hydrogen-bond acceptors (Lipinski definition) is 5. The molecule has 0 bridgehead atoms. The van der Waals surface area contributed by atoms with Gasteiger partial charge in [-0.25, -0.2) is 13.4 Å². The number of anilines is 1. The average Bonchev–Trinajstić information content (AvgIpc) is 3.22. The molecule has 1 fully saturated rings. The first-order valence-electron chi connectivity index (χ1n) is 7.69. The molecule has 1 aromatic carbocycles. The first-order valence-corrected chi connectivity index (χ1v) is 10.8. The van der Waals surface area contributed by atoms with Crippen molar-refractivity contribution in [1.82, 2.24) is 10.3 Å². The van der Waals surface area contributed by atoms with Crippen LogP contribution in [0.3, 0.4) is 0 Å². The maximum Gasteiger partial charge on any atom is 0.263 e. The number of hydrogen-bond donors (Lipinski definition) is 2. The molecule has 1 aromatic heterocycles. The van der Waals surface area contributed by atoms with Gasteiger partial charge in [0.2, 0.25) is 10.0 Å². The van der Waals surface area contributed by atoms with Crippen LogP contribution in [0.15, 0.2) is 24.3 Å². The molecule has 1 aliphatic rings. The Labute approximate surface area is 155 Å². The minimum Gasteiger partial charge on any atom is -0.350 e. The van der Waals surface area contributed by atoms with E-state index in [0.29, 0.717) is 22.1 Å². The Hall–Kier alpha value is -1.64. The molecule has 0 aliphatic heterocycles. The third-order valence-corrected chi connectivity index (χ3v) is 6.26. The molecule has 1 saturated carbocycles. The highest BCUT2D eigenvalue weighted by Crippen LogP contribution is 2.49. The summed E-state index contributed by atoms with van der Waals surface area (Å²) >= 11 is 7.31. The molecule has 1 aliphatic carbocycles. The van der Waals surface area contributed by atoms with Gasteiger partial charge in [-0.3, -0.25) is 9.52 Å². The zero-order valence-electron chi connectivity index (χ0n) is 13.8. The van der Waals surface area contributed by atoms with Gasteiger partial charge in [-0.05, 0) is 31.4 Å². The zero-order valence-corrected chi connectivity index (χ0v) is 16.2. The smallest absolute Gasteiger partial charge is 0.263 e. The van der Waals surface area contributed by atoms with Gasteiger partial charge in [0.15, 0.2) is 5.13 Å². The van der Waals surface area contributed by atoms with Gasteiger partial charge in [-0.1, -0.05) is 41.1 Å². The number of benzene rings is 1. The van der Waals surface area contributed by atoms with Crippen LogP contribution in [0.4, 0.5) is 5.13 Å². The Morgan fingerprint density at radius 3 is 2.64 bits per heavy atom. The van der Waals surface area contributed by atoms with Crippen LogP contribution in [0.25, 0.3) is 0 Å². The number of thiazole rings is 1. The van der Waals surface area contributed by atoms with Crippen molar-refractivity contribution in [2.75, 3.05) is 17.5 Å². The van der Waals surface area contributed by atoms with Crippen molar-refractivity contribution in [3.8, 4) is 0 Å². The lowest BCUT2D eigenvalue weighted by Gasteiger charge is -2.17. The lowest BCUT2D eigenvalue weighted by atomic mass is 9.96. The molecule has 1 amide bonds. The van der Waals surface area contributed by atoms with Gasteiger partial charge in [0.1, 0.15) is 4.88 Å². The van der Waals surface area contributed by atoms with E-state index in [2.05, 4.69) is 15.0 Å². The molecular weight excluding hydrogens is 382 g/mol. The van der Waals surface area contributed by atoms with E-state index in [1.165, 1.54) is 0 Å². The summed E-state index contributed by atoms with van der Waals surface area (Å²) in [4.78, 5) is 17.0. The number of amides is 1. The van der Waals surface area contributed by atoms with Crippen molar-refractivity contribution in [3.63, 3.8) is 0 Å². The molecule has 0 spiro atoms. The number of halogens is 1. The van der Waals surface area contributed by atoms with Gasteiger partial charge in [0, 0.05) is 17.0 Å². The average molecular weight is 400 g/mol. The van der Waals surface area contributed by atoms with Gasteiger partial charge in [-0.15, -0.1) is 0 Å². The van der Waals surface area contributed by atoms with Crippen LogP contribution >= 0.6 is 22.9 Å². The normalized spacial score (nSPS) is 15.6. The second-order valence-electron chi connectivity index (χ2n) is 6.25. The largest absolute Gasteiger partial charge is 0.350 e. The van der Waals surface area contributed by atoms with E-state index in [4.69, 9.17) is 11.6 Å². The van der Waals surface area contributed by atoms with E-state index in [0.717, 1.165) is 36.0 Å². The minimum absolute atomic E-state index is 0.111. The quantitative estimate of drug-likeness (QED) is 0.781. The number of sulfonamides is 1. The Kier molecular flexibility index (Phi) is 4.78. The molecule has 0 radical (unpaired) electrons. The Morgan fingerprint density at radius 2 is 2.04 bits per heavy atom. The van der Waals surface area contributed by atoms with Crippen molar-refractivity contribution in [1.29, 1.82) is 0 Å². The topological polar surface area (TPSA) is 88.2 Å². The number of aryl methyl sites for hydroxylation is 1. The molecule has 6 nitrogen and oxygen atoms in total. The van der Waals surface area contributed by atoms with Gasteiger partial charge < -0.3 is 5.32 Å². The molecule has 134 valence electrons. The summed E-state index contributed by atoms with van der Waals surface area (Å²) in [5.74, 6) is -0.255. The summed E-state index contributed by atoms with van der Waals surface area (Å²) in [6, 6.07) is 7.68. The van der Waals surface area contributed by atoms with Crippen LogP contribution in [0.1, 0.15) is 33.8 Å². The highest BCUT2D eigenvalue weighted by Gasteiger charge is 2.45. The second-order valence-corrected chi connectivity index (χ2v) is 9.41. The number of nitrogens with one attached hydrogen (secondary N) is 2. The molecule has 0 unspecified atom stereocenters. The maximum atomic E-state index is 12.5. The molecule has 2 aromatic rings. The molecule has 25 heavy (non-hydrogen) atoms. The Balaban J connectivity index is 1.70. The van der Waals surface area contributed by atoms with Crippen LogP contribution in [-0.2, 0) is 15.4 Å². The Morgan fingerprint density at radius 1 is 1.36 bits per heavy atom. The second kappa shape index (κ2) is 6.59. The summed E-state index contributed by atoms with van der Waals surface area (Å²) in [7, 11) is -3.42. The van der Waals surface area contributed by atoms with E-state index in [-0.39, 0.29) is 16.5 Å². The van der Waals surface area contributed by atoms with E-state index in [1.807, 2.05) is 24.3 Å². The van der Waals surface area contributed by atoms with Crippen molar-refractivity contribution < 1.29 is 13.2 Å². The summed E-state index contributed by atoms with van der Waals surface area (Å²) in [5, 5.41) is 3.84. The summed E-state index contributed by atoms with van der Waals surface area (Å²) < 4.78 is 24.9. The van der Waals surface area contributed by atoms with E-state index >= 15 is 0 Å². The third-order valence-electron chi connectivity index (χ3n) is 4.16. The van der Waals surface area contributed by atoms with Gasteiger partial charge >= 0.3 is 0 Å². The molecule has 0 atom stereocenters. The molecular formula is C16H18ClN3O3S2. The van der Waals surface area contributed by atoms with Crippen LogP contribution in [0.5, 0.6) is 0 Å². The molecule has 1 heterocycles. The fourth-order valence-electron chi connectivity index (χ4n) is 2.72. The van der Waals surface area contributed by atoms with Gasteiger partial charge in [-0.2, -0.15) is 0 Å². The Bertz CT molecular complexity index is 920. The van der Waals surface area contributed by atoms with Gasteiger partial charge in [0.25, 0.3) is 5.91 Å². The standard InChI is InChI=1S/C16H18ClN3O3S2/c1-10-13(24-15(19-10)20-25(2,22)23)14(21)18-9-16(7-8-16)11-5-3-4-6-12(11)17/h3-6H,7-9H2,1-2H3,(H,18,21)(H,19,20). The molecule has 2 N–H and O–H groups in total. The van der Waals surface area contributed by atoms with Crippen LogP contribution in [0.2, 0.25) is 5.02 Å². The van der Waals surface area contributed by atoms with E-state index < -0.39 is 10.0 Å². The maximum absolute atomic E-state index is 12.5. The first-order chi connectivity index (χ1) is 11.7. The highest BCUT2D eigenvalue weighted by atomic mass is 35.5. The van der Waals surface area contributed by atoms with Crippen LogP contribution in [-0.4, -0.2) is 32.1 Å². The predicted octanol–water partition coefficient (Wildman–Crippen LogP) is 2.94. The fourth-order valence-corrected chi connectivity index (χ4v) is 4.78. The summed E-state index contributed by atoms with van der Waals surface area (Å²) in [5.41, 5.74) is 1.44. The van der Waals surface area contributed by atoms with Crippen LogP contribution in [0, 0.1) is 6.92 Å². The predicted molar refractivity (Wildman–Crippen MR) is 100 cm³/mol. The monoisotopic (exact) mass is 399 g/mol. The van der Waals surface area contributed by atoms with E-state index in [9.17, 15) is 13.2 Å². The van der Waals surface area contributed by atoms with Gasteiger partial charge in [0.05, 0.1) is 11.9 Å². The molecule has 0 saturated heterocycles. The first kappa shape index (κ1) is 18.2. The fraction of sp³-hybridized carbons (Fsp3) is 0.375. The number of rotatable bonds is 6. The number of aromatic nitrogens is 1. The lowest BCUT2D eigenvalue weighted by Crippen LogP contribution is -2.32. The summed E-state index contributed by atoms with van der Waals surface area (Å²) in [6.45, 7) is 2.17. The highest BCUT2D eigenvalue weighted by molar-refractivity contribution is 7.92. The lowest BCUT2D eigenvalue weighted by molar-refractivity contribution is 0.0953. The van der Waals surface area contributed by atoms with Crippen molar-refractivity contribution >= 4 is 44.0 Å². The zero-order chi connectivity index (χ0) is 18.2. The van der Waals surface area contributed by atoms with Crippen LogP contribution < -0.4 is 10.0 Å². The minimum atomic E-state index is -3.42. The van der Waals surface area contributed by atoms with Crippen molar-refractivity contribution in [2.24, 2.45) is 0 Å².